The van der Waals surface area contributed by atoms with Crippen LogP contribution >= 0.6 is 11.3 Å². The van der Waals surface area contributed by atoms with Gasteiger partial charge in [0.2, 0.25) is 0 Å². The molecule has 1 saturated heterocycles. The van der Waals surface area contributed by atoms with Crippen molar-refractivity contribution >= 4 is 22.4 Å². The van der Waals surface area contributed by atoms with E-state index in [-0.39, 0.29) is 5.97 Å². The molecule has 19 heavy (non-hydrogen) atoms. The number of ether oxygens (including phenoxy) is 1. The van der Waals surface area contributed by atoms with E-state index in [1.165, 1.54) is 7.11 Å². The number of carbonyl (C=O) groups excluding carboxylic acids is 1. The minimum atomic E-state index is -0.175. The van der Waals surface area contributed by atoms with Crippen molar-refractivity contribution in [2.45, 2.75) is 19.8 Å². The van der Waals surface area contributed by atoms with Crippen LogP contribution in [0, 0.1) is 0 Å². The maximum Gasteiger partial charge on any atom is 0.305 e. The molecule has 5 nitrogen and oxygen atoms in total. The Kier molecular flexibility index (Phi) is 5.15. The summed E-state index contributed by atoms with van der Waals surface area (Å²) >= 11 is 1.67. The van der Waals surface area contributed by atoms with Gasteiger partial charge in [0.05, 0.1) is 19.2 Å². The predicted molar refractivity (Wildman–Crippen MR) is 76.8 cm³/mol. The minimum Gasteiger partial charge on any atom is -0.469 e. The first kappa shape index (κ1) is 14.3. The number of aryl methyl sites for hydroxylation is 1. The lowest BCUT2D eigenvalue weighted by molar-refractivity contribution is -0.140. The summed E-state index contributed by atoms with van der Waals surface area (Å²) in [6, 6.07) is 0. The van der Waals surface area contributed by atoms with E-state index in [2.05, 4.69) is 26.4 Å². The standard InChI is InChI=1S/C13H21N3O2S/c1-3-15-6-8-16(9-7-15)13-14-11(10-19-13)4-5-12(17)18-2/h10H,3-9H2,1-2H3. The van der Waals surface area contributed by atoms with Gasteiger partial charge in [0, 0.05) is 38.0 Å². The molecule has 0 N–H and O–H groups in total. The van der Waals surface area contributed by atoms with Crippen molar-refractivity contribution in [2.24, 2.45) is 0 Å². The van der Waals surface area contributed by atoms with Gasteiger partial charge in [-0.2, -0.15) is 0 Å². The van der Waals surface area contributed by atoms with Gasteiger partial charge in [-0.15, -0.1) is 11.3 Å². The van der Waals surface area contributed by atoms with Crippen molar-refractivity contribution in [3.63, 3.8) is 0 Å². The number of methoxy groups -OCH3 is 1. The summed E-state index contributed by atoms with van der Waals surface area (Å²) in [6.07, 6.45) is 1.07. The third-order valence-corrected chi connectivity index (χ3v) is 4.39. The van der Waals surface area contributed by atoms with Crippen LogP contribution in [0.2, 0.25) is 0 Å². The number of rotatable bonds is 5. The van der Waals surface area contributed by atoms with Crippen molar-refractivity contribution in [1.29, 1.82) is 0 Å². The molecular formula is C13H21N3O2S. The molecule has 1 aromatic heterocycles. The van der Waals surface area contributed by atoms with Gasteiger partial charge in [-0.3, -0.25) is 4.79 Å². The van der Waals surface area contributed by atoms with E-state index in [9.17, 15) is 4.79 Å². The highest BCUT2D eigenvalue weighted by Gasteiger charge is 2.18. The first-order valence-electron chi connectivity index (χ1n) is 6.71. The van der Waals surface area contributed by atoms with Crippen molar-refractivity contribution in [3.05, 3.63) is 11.1 Å². The van der Waals surface area contributed by atoms with Crippen molar-refractivity contribution in [1.82, 2.24) is 9.88 Å². The van der Waals surface area contributed by atoms with Crippen molar-refractivity contribution in [3.8, 4) is 0 Å². The van der Waals surface area contributed by atoms with Crippen molar-refractivity contribution in [2.75, 3.05) is 44.7 Å². The Bertz CT molecular complexity index is 414. The molecule has 0 amide bonds. The third kappa shape index (κ3) is 3.91. The van der Waals surface area contributed by atoms with Crippen LogP contribution in [0.15, 0.2) is 5.38 Å². The van der Waals surface area contributed by atoms with Gasteiger partial charge >= 0.3 is 5.97 Å². The lowest BCUT2D eigenvalue weighted by Gasteiger charge is -2.33. The summed E-state index contributed by atoms with van der Waals surface area (Å²) in [5.74, 6) is -0.175. The molecular weight excluding hydrogens is 262 g/mol. The average Bonchev–Trinajstić information content (AvgIpc) is 2.93. The van der Waals surface area contributed by atoms with Crippen LogP contribution in [0.3, 0.4) is 0 Å². The Morgan fingerprint density at radius 2 is 2.16 bits per heavy atom. The van der Waals surface area contributed by atoms with E-state index < -0.39 is 0 Å². The SMILES string of the molecule is CCN1CCN(c2nc(CCC(=O)OC)cs2)CC1. The monoisotopic (exact) mass is 283 g/mol. The fourth-order valence-electron chi connectivity index (χ4n) is 2.14. The molecule has 106 valence electrons. The van der Waals surface area contributed by atoms with Gasteiger partial charge in [0.1, 0.15) is 0 Å². The maximum atomic E-state index is 11.1. The molecule has 1 aliphatic rings. The molecule has 1 fully saturated rings. The van der Waals surface area contributed by atoms with Crippen LogP contribution in [0.25, 0.3) is 0 Å². The van der Waals surface area contributed by atoms with Crippen LogP contribution in [0.4, 0.5) is 5.13 Å². The number of thiazole rings is 1. The van der Waals surface area contributed by atoms with E-state index in [1.807, 2.05) is 5.38 Å². The van der Waals surface area contributed by atoms with Gasteiger partial charge in [0.15, 0.2) is 5.13 Å². The Balaban J connectivity index is 1.85. The molecule has 0 saturated carbocycles. The smallest absolute Gasteiger partial charge is 0.305 e. The van der Waals surface area contributed by atoms with Crippen LogP contribution in [-0.4, -0.2) is 55.7 Å². The summed E-state index contributed by atoms with van der Waals surface area (Å²) in [5.41, 5.74) is 0.989. The van der Waals surface area contributed by atoms with E-state index >= 15 is 0 Å². The molecule has 0 aromatic carbocycles. The number of hydrogen-bond acceptors (Lipinski definition) is 6. The Hall–Kier alpha value is -1.14. The molecule has 0 unspecified atom stereocenters. The highest BCUT2D eigenvalue weighted by molar-refractivity contribution is 7.13. The van der Waals surface area contributed by atoms with Gasteiger partial charge in [-0.25, -0.2) is 4.98 Å². The number of piperazine rings is 1. The number of carbonyl (C=O) groups is 1. The van der Waals surface area contributed by atoms with Crippen LogP contribution < -0.4 is 4.90 Å². The molecule has 6 heteroatoms. The number of esters is 1. The van der Waals surface area contributed by atoms with Gasteiger partial charge < -0.3 is 14.5 Å². The summed E-state index contributed by atoms with van der Waals surface area (Å²) in [6.45, 7) is 7.61. The van der Waals surface area contributed by atoms with E-state index in [0.29, 0.717) is 12.8 Å². The first-order valence-corrected chi connectivity index (χ1v) is 7.59. The van der Waals surface area contributed by atoms with E-state index in [0.717, 1.165) is 43.5 Å². The zero-order chi connectivity index (χ0) is 13.7. The summed E-state index contributed by atoms with van der Waals surface area (Å²) < 4.78 is 4.64. The van der Waals surface area contributed by atoms with Gasteiger partial charge in [-0.05, 0) is 6.54 Å². The number of hydrogen-bond donors (Lipinski definition) is 0. The fraction of sp³-hybridized carbons (Fsp3) is 0.692. The molecule has 0 bridgehead atoms. The largest absolute Gasteiger partial charge is 0.469 e. The second-order valence-corrected chi connectivity index (χ2v) is 5.46. The van der Waals surface area contributed by atoms with E-state index in [1.54, 1.807) is 11.3 Å². The number of likely N-dealkylation sites (N-methyl/N-ethyl adjacent to an activating group) is 1. The number of nitrogens with zero attached hydrogens (tertiary/aromatic N) is 3. The quantitative estimate of drug-likeness (QED) is 0.764. The maximum absolute atomic E-state index is 11.1. The highest BCUT2D eigenvalue weighted by atomic mass is 32.1. The molecule has 1 aromatic rings. The van der Waals surface area contributed by atoms with Gasteiger partial charge in [-0.1, -0.05) is 6.92 Å². The highest BCUT2D eigenvalue weighted by Crippen LogP contribution is 2.22. The second kappa shape index (κ2) is 6.86. The van der Waals surface area contributed by atoms with Crippen LogP contribution in [-0.2, 0) is 16.0 Å². The molecule has 0 radical (unpaired) electrons. The molecule has 1 aliphatic heterocycles. The predicted octanol–water partition coefficient (Wildman–Crippen LogP) is 1.39. The van der Waals surface area contributed by atoms with E-state index in [4.69, 9.17) is 0 Å². The average molecular weight is 283 g/mol. The molecule has 0 aliphatic carbocycles. The Morgan fingerprint density at radius 3 is 2.79 bits per heavy atom. The minimum absolute atomic E-state index is 0.175. The molecule has 2 rings (SSSR count). The molecule has 2 heterocycles. The summed E-state index contributed by atoms with van der Waals surface area (Å²) in [4.78, 5) is 20.5. The lowest BCUT2D eigenvalue weighted by Crippen LogP contribution is -2.46. The topological polar surface area (TPSA) is 45.7 Å². The second-order valence-electron chi connectivity index (χ2n) is 4.62. The molecule has 0 spiro atoms. The first-order chi connectivity index (χ1) is 9.22. The van der Waals surface area contributed by atoms with Crippen LogP contribution in [0.5, 0.6) is 0 Å². The number of anilines is 1. The summed E-state index contributed by atoms with van der Waals surface area (Å²) in [5, 5.41) is 3.13. The zero-order valence-electron chi connectivity index (χ0n) is 11.6. The van der Waals surface area contributed by atoms with Gasteiger partial charge in [0.25, 0.3) is 0 Å². The third-order valence-electron chi connectivity index (χ3n) is 3.44. The molecule has 0 atom stereocenters. The Morgan fingerprint density at radius 1 is 1.42 bits per heavy atom. The lowest BCUT2D eigenvalue weighted by atomic mass is 10.2. The fourth-order valence-corrected chi connectivity index (χ4v) is 3.06. The number of aromatic nitrogens is 1. The van der Waals surface area contributed by atoms with Crippen LogP contribution in [0.1, 0.15) is 19.0 Å². The normalized spacial score (nSPS) is 16.6. The Labute approximate surface area is 118 Å². The summed E-state index contributed by atoms with van der Waals surface area (Å²) in [7, 11) is 1.42. The zero-order valence-corrected chi connectivity index (χ0v) is 12.4. The van der Waals surface area contributed by atoms with Crippen molar-refractivity contribution < 1.29 is 9.53 Å².